The lowest BCUT2D eigenvalue weighted by Gasteiger charge is -2.48. The van der Waals surface area contributed by atoms with Crippen LogP contribution in [0.1, 0.15) is 26.2 Å². The molecule has 0 amide bonds. The van der Waals surface area contributed by atoms with E-state index in [0.29, 0.717) is 6.04 Å². The van der Waals surface area contributed by atoms with Crippen LogP contribution in [0.15, 0.2) is 22.7 Å². The number of fused-ring (bicyclic) bond motifs is 1. The van der Waals surface area contributed by atoms with E-state index in [-0.39, 0.29) is 0 Å². The van der Waals surface area contributed by atoms with E-state index in [9.17, 15) is 0 Å². The third-order valence-electron chi connectivity index (χ3n) is 4.61. The van der Waals surface area contributed by atoms with E-state index in [1.165, 1.54) is 38.0 Å². The maximum Gasteiger partial charge on any atom is 0.122 e. The molecular formula is C16H23BrN2O. The Morgan fingerprint density at radius 3 is 2.85 bits per heavy atom. The van der Waals surface area contributed by atoms with Crippen molar-refractivity contribution >= 4 is 21.6 Å². The monoisotopic (exact) mass is 338 g/mol. The van der Waals surface area contributed by atoms with Gasteiger partial charge in [0.2, 0.25) is 0 Å². The molecule has 1 aromatic rings. The standard InChI is InChI=1S/C16H23BrN2O/c1-12-10-18-6-4-3-5-14(18)11-19(12)15-7-13(17)8-16(9-15)20-2/h7-9,12,14H,3-6,10-11H2,1-2H3. The predicted octanol–water partition coefficient (Wildman–Crippen LogP) is 3.52. The first-order valence-corrected chi connectivity index (χ1v) is 8.32. The summed E-state index contributed by atoms with van der Waals surface area (Å²) in [6.07, 6.45) is 4.09. The van der Waals surface area contributed by atoms with Crippen LogP contribution < -0.4 is 9.64 Å². The minimum atomic E-state index is 0.559. The second-order valence-electron chi connectivity index (χ2n) is 6.00. The first-order valence-electron chi connectivity index (χ1n) is 7.52. The highest BCUT2D eigenvalue weighted by molar-refractivity contribution is 9.10. The Kier molecular flexibility index (Phi) is 4.22. The second-order valence-corrected chi connectivity index (χ2v) is 6.91. The normalized spacial score (nSPS) is 27.2. The van der Waals surface area contributed by atoms with Crippen molar-refractivity contribution in [1.29, 1.82) is 0 Å². The Hall–Kier alpha value is -0.740. The molecule has 1 aromatic carbocycles. The van der Waals surface area contributed by atoms with Crippen LogP contribution in [0.4, 0.5) is 5.69 Å². The lowest BCUT2D eigenvalue weighted by molar-refractivity contribution is 0.115. The van der Waals surface area contributed by atoms with Crippen LogP contribution in [-0.4, -0.2) is 43.7 Å². The Balaban J connectivity index is 1.83. The summed E-state index contributed by atoms with van der Waals surface area (Å²) in [5.74, 6) is 0.924. The van der Waals surface area contributed by atoms with Crippen molar-refractivity contribution in [2.75, 3.05) is 31.6 Å². The molecule has 0 bridgehead atoms. The van der Waals surface area contributed by atoms with E-state index in [2.05, 4.69) is 44.8 Å². The van der Waals surface area contributed by atoms with E-state index in [1.807, 2.05) is 6.07 Å². The number of piperidine rings is 1. The number of rotatable bonds is 2. The van der Waals surface area contributed by atoms with Gasteiger partial charge in [-0.05, 0) is 38.4 Å². The Bertz CT molecular complexity index is 480. The van der Waals surface area contributed by atoms with Crippen molar-refractivity contribution in [3.8, 4) is 5.75 Å². The van der Waals surface area contributed by atoms with Crippen LogP contribution in [0.2, 0.25) is 0 Å². The molecule has 2 unspecified atom stereocenters. The van der Waals surface area contributed by atoms with E-state index >= 15 is 0 Å². The maximum absolute atomic E-state index is 5.40. The molecule has 110 valence electrons. The minimum Gasteiger partial charge on any atom is -0.497 e. The highest BCUT2D eigenvalue weighted by atomic mass is 79.9. The molecule has 0 radical (unpaired) electrons. The number of benzene rings is 1. The third kappa shape index (κ3) is 2.82. The topological polar surface area (TPSA) is 15.7 Å². The molecule has 3 rings (SSSR count). The first kappa shape index (κ1) is 14.2. The molecule has 2 aliphatic rings. The van der Waals surface area contributed by atoms with Gasteiger partial charge in [0, 0.05) is 41.4 Å². The molecule has 0 aromatic heterocycles. The Labute approximate surface area is 130 Å². The van der Waals surface area contributed by atoms with E-state index in [1.54, 1.807) is 7.11 Å². The van der Waals surface area contributed by atoms with Crippen molar-refractivity contribution < 1.29 is 4.74 Å². The third-order valence-corrected chi connectivity index (χ3v) is 5.07. The number of nitrogens with zero attached hydrogens (tertiary/aromatic N) is 2. The predicted molar refractivity (Wildman–Crippen MR) is 86.7 cm³/mol. The van der Waals surface area contributed by atoms with Gasteiger partial charge in [0.15, 0.2) is 0 Å². The van der Waals surface area contributed by atoms with Gasteiger partial charge < -0.3 is 9.64 Å². The molecule has 3 nitrogen and oxygen atoms in total. The molecule has 4 heteroatoms. The average molecular weight is 339 g/mol. The number of piperazine rings is 1. The highest BCUT2D eigenvalue weighted by Gasteiger charge is 2.33. The SMILES string of the molecule is COc1cc(Br)cc(N2CC3CCCCN3CC2C)c1. The van der Waals surface area contributed by atoms with Gasteiger partial charge >= 0.3 is 0 Å². The summed E-state index contributed by atoms with van der Waals surface area (Å²) in [6.45, 7) is 5.93. The molecule has 20 heavy (non-hydrogen) atoms. The summed E-state index contributed by atoms with van der Waals surface area (Å²) >= 11 is 3.59. The molecule has 2 saturated heterocycles. The number of halogens is 1. The van der Waals surface area contributed by atoms with E-state index in [4.69, 9.17) is 4.74 Å². The highest BCUT2D eigenvalue weighted by Crippen LogP contribution is 2.32. The number of ether oxygens (including phenoxy) is 1. The molecule has 0 spiro atoms. The molecule has 2 atom stereocenters. The number of hydrogen-bond donors (Lipinski definition) is 0. The zero-order chi connectivity index (χ0) is 14.1. The van der Waals surface area contributed by atoms with Crippen LogP contribution in [0, 0.1) is 0 Å². The fourth-order valence-electron chi connectivity index (χ4n) is 3.54. The maximum atomic E-state index is 5.40. The smallest absolute Gasteiger partial charge is 0.122 e. The van der Waals surface area contributed by atoms with Crippen LogP contribution in [0.25, 0.3) is 0 Å². The fourth-order valence-corrected chi connectivity index (χ4v) is 4.00. The molecule has 0 N–H and O–H groups in total. The molecule has 2 aliphatic heterocycles. The van der Waals surface area contributed by atoms with E-state index < -0.39 is 0 Å². The Morgan fingerprint density at radius 2 is 2.05 bits per heavy atom. The summed E-state index contributed by atoms with van der Waals surface area (Å²) in [4.78, 5) is 5.22. The van der Waals surface area contributed by atoms with Gasteiger partial charge in [-0.3, -0.25) is 4.90 Å². The summed E-state index contributed by atoms with van der Waals surface area (Å²) in [7, 11) is 1.73. The van der Waals surface area contributed by atoms with Crippen LogP contribution >= 0.6 is 15.9 Å². The quantitative estimate of drug-likeness (QED) is 0.820. The summed E-state index contributed by atoms with van der Waals surface area (Å²) in [5, 5.41) is 0. The summed E-state index contributed by atoms with van der Waals surface area (Å²) in [5.41, 5.74) is 1.27. The largest absolute Gasteiger partial charge is 0.497 e. The van der Waals surface area contributed by atoms with Crippen molar-refractivity contribution in [2.45, 2.75) is 38.3 Å². The lowest BCUT2D eigenvalue weighted by atomic mass is 9.96. The van der Waals surface area contributed by atoms with E-state index in [0.717, 1.165) is 22.8 Å². The van der Waals surface area contributed by atoms with Gasteiger partial charge in [0.05, 0.1) is 7.11 Å². The molecule has 0 saturated carbocycles. The minimum absolute atomic E-state index is 0.559. The number of anilines is 1. The van der Waals surface area contributed by atoms with Crippen LogP contribution in [0.5, 0.6) is 5.75 Å². The van der Waals surface area contributed by atoms with Crippen molar-refractivity contribution in [2.24, 2.45) is 0 Å². The average Bonchev–Trinajstić information content (AvgIpc) is 2.45. The zero-order valence-electron chi connectivity index (χ0n) is 12.3. The second kappa shape index (κ2) is 5.94. The number of methoxy groups -OCH3 is 1. The molecule has 0 aliphatic carbocycles. The fraction of sp³-hybridized carbons (Fsp3) is 0.625. The van der Waals surface area contributed by atoms with Crippen molar-refractivity contribution in [3.63, 3.8) is 0 Å². The van der Waals surface area contributed by atoms with Gasteiger partial charge in [-0.15, -0.1) is 0 Å². The zero-order valence-corrected chi connectivity index (χ0v) is 13.9. The summed E-state index contributed by atoms with van der Waals surface area (Å²) in [6, 6.07) is 7.66. The molecule has 2 fully saturated rings. The Morgan fingerprint density at radius 1 is 1.20 bits per heavy atom. The first-order chi connectivity index (χ1) is 9.67. The van der Waals surface area contributed by atoms with Gasteiger partial charge in [-0.2, -0.15) is 0 Å². The van der Waals surface area contributed by atoms with Gasteiger partial charge in [-0.25, -0.2) is 0 Å². The number of hydrogen-bond acceptors (Lipinski definition) is 3. The van der Waals surface area contributed by atoms with Crippen molar-refractivity contribution in [3.05, 3.63) is 22.7 Å². The van der Waals surface area contributed by atoms with Crippen LogP contribution in [0.3, 0.4) is 0 Å². The summed E-state index contributed by atoms with van der Waals surface area (Å²) < 4.78 is 6.49. The van der Waals surface area contributed by atoms with Crippen molar-refractivity contribution in [1.82, 2.24) is 4.90 Å². The van der Waals surface area contributed by atoms with Crippen LogP contribution in [-0.2, 0) is 0 Å². The molecular weight excluding hydrogens is 316 g/mol. The van der Waals surface area contributed by atoms with Gasteiger partial charge in [-0.1, -0.05) is 22.4 Å². The lowest BCUT2D eigenvalue weighted by Crippen LogP contribution is -2.58. The van der Waals surface area contributed by atoms with Gasteiger partial charge in [0.25, 0.3) is 0 Å². The van der Waals surface area contributed by atoms with Gasteiger partial charge in [0.1, 0.15) is 5.75 Å². The molecule has 2 heterocycles.